The van der Waals surface area contributed by atoms with Crippen molar-refractivity contribution in [2.24, 2.45) is 46.3 Å². The molecule has 0 aromatic heterocycles. The molecule has 4 aliphatic rings. The Morgan fingerprint density at radius 1 is 0.900 bits per heavy atom. The molecule has 10 atom stereocenters. The Kier molecular flexibility index (Phi) is 9.32. The summed E-state index contributed by atoms with van der Waals surface area (Å²) in [7, 11) is -1.96. The first-order valence-electron chi connectivity index (χ1n) is 16.7. The van der Waals surface area contributed by atoms with Crippen LogP contribution in [-0.4, -0.2) is 41.9 Å². The molecule has 0 spiro atoms. The molecule has 0 amide bonds. The maximum atomic E-state index is 11.9. The van der Waals surface area contributed by atoms with Gasteiger partial charge in [-0.3, -0.25) is 4.79 Å². The number of hydrogen-bond donors (Lipinski definition) is 0. The Hall–Kier alpha value is -0.176. The monoisotopic (exact) mass is 592 g/mol. The van der Waals surface area contributed by atoms with E-state index < -0.39 is 16.6 Å². The van der Waals surface area contributed by atoms with E-state index in [1.165, 1.54) is 58.5 Å². The van der Waals surface area contributed by atoms with E-state index in [0.29, 0.717) is 53.1 Å². The number of rotatable bonds is 8. The van der Waals surface area contributed by atoms with E-state index in [2.05, 4.69) is 74.3 Å². The summed E-state index contributed by atoms with van der Waals surface area (Å²) in [4.78, 5) is 11.9. The second-order valence-corrected chi connectivity index (χ2v) is 26.8. The van der Waals surface area contributed by atoms with Gasteiger partial charge in [0.25, 0.3) is 0 Å². The minimum absolute atomic E-state index is 0.0572. The summed E-state index contributed by atoms with van der Waals surface area (Å²) in [5, 5.41) is 0.260. The molecule has 0 N–H and O–H groups in total. The summed E-state index contributed by atoms with van der Waals surface area (Å²) in [5.41, 5.74) is 0.775. The van der Waals surface area contributed by atoms with Crippen molar-refractivity contribution in [3.63, 3.8) is 0 Å². The highest BCUT2D eigenvalue weighted by molar-refractivity contribution is 6.74. The van der Waals surface area contributed by atoms with E-state index in [0.717, 1.165) is 18.3 Å². The Balaban J connectivity index is 1.58. The maximum absolute atomic E-state index is 11.9. The third kappa shape index (κ3) is 6.22. The van der Waals surface area contributed by atoms with Gasteiger partial charge < -0.3 is 13.6 Å². The lowest BCUT2D eigenvalue weighted by molar-refractivity contribution is -0.169. The van der Waals surface area contributed by atoms with E-state index in [1.807, 2.05) is 0 Å². The highest BCUT2D eigenvalue weighted by Crippen LogP contribution is 2.69. The first-order chi connectivity index (χ1) is 18.3. The molecule has 4 nitrogen and oxygen atoms in total. The number of carbonyl (C=O) groups is 1. The van der Waals surface area contributed by atoms with Gasteiger partial charge in [0, 0.05) is 18.6 Å². The fourth-order valence-corrected chi connectivity index (χ4v) is 12.6. The van der Waals surface area contributed by atoms with Crippen LogP contribution in [0, 0.1) is 46.3 Å². The lowest BCUT2D eigenvalue weighted by atomic mass is 9.43. The summed E-state index contributed by atoms with van der Waals surface area (Å²) in [5.74, 6) is 4.12. The Morgan fingerprint density at radius 2 is 1.52 bits per heavy atom. The number of ether oxygens (including phenoxy) is 1. The number of methoxy groups -OCH3 is 1. The molecule has 0 heterocycles. The van der Waals surface area contributed by atoms with Crippen LogP contribution in [0.4, 0.5) is 0 Å². The second-order valence-electron chi connectivity index (χ2n) is 17.6. The van der Waals surface area contributed by atoms with Crippen molar-refractivity contribution >= 4 is 22.6 Å². The third-order valence-electron chi connectivity index (χ3n) is 13.2. The number of esters is 1. The molecular formula is C34H64O4Si2. The molecule has 0 saturated heterocycles. The second kappa shape index (κ2) is 11.4. The molecule has 4 aliphatic carbocycles. The van der Waals surface area contributed by atoms with E-state index in [4.69, 9.17) is 13.6 Å². The maximum Gasteiger partial charge on any atom is 0.305 e. The van der Waals surface area contributed by atoms with Gasteiger partial charge in [-0.05, 0) is 142 Å². The van der Waals surface area contributed by atoms with Crippen LogP contribution in [0.2, 0.25) is 37.8 Å². The van der Waals surface area contributed by atoms with E-state index in [-0.39, 0.29) is 11.0 Å². The number of fused-ring (bicyclic) bond motifs is 5. The number of hydrogen-bond acceptors (Lipinski definition) is 4. The molecule has 0 radical (unpaired) electrons. The van der Waals surface area contributed by atoms with Gasteiger partial charge in [-0.2, -0.15) is 0 Å². The predicted molar refractivity (Wildman–Crippen MR) is 171 cm³/mol. The Morgan fingerprint density at radius 3 is 2.12 bits per heavy atom. The molecule has 2 unspecified atom stereocenters. The molecule has 0 aliphatic heterocycles. The van der Waals surface area contributed by atoms with Crippen molar-refractivity contribution in [2.75, 3.05) is 7.11 Å². The quantitative estimate of drug-likeness (QED) is 0.208. The third-order valence-corrected chi connectivity index (χ3v) is 18.7. The number of carbonyl (C=O) groups excluding carboxylic acids is 1. The first-order valence-corrected chi connectivity index (χ1v) is 23.1. The van der Waals surface area contributed by atoms with Crippen molar-refractivity contribution in [3.05, 3.63) is 0 Å². The van der Waals surface area contributed by atoms with Crippen molar-refractivity contribution in [1.29, 1.82) is 0 Å². The van der Waals surface area contributed by atoms with Crippen LogP contribution >= 0.6 is 0 Å². The zero-order chi connectivity index (χ0) is 29.9. The van der Waals surface area contributed by atoms with Crippen LogP contribution in [0.25, 0.3) is 0 Å². The SMILES string of the molecule is COC(=O)CC[C@@H](C)[C@H]1CC[C@H]2[C@@H]3C(O[Si](C)(C)C)C[C@@H]4CC(O[Si](C)(C)C(C)(C)C)CC[C@]4(C)[C@H]3CC[C@]12C. The first kappa shape index (κ1) is 32.7. The van der Waals surface area contributed by atoms with Crippen molar-refractivity contribution in [3.8, 4) is 0 Å². The summed E-state index contributed by atoms with van der Waals surface area (Å²) in [6.45, 7) is 26.9. The summed E-state index contributed by atoms with van der Waals surface area (Å²) in [6, 6.07) is 0. The van der Waals surface area contributed by atoms with Gasteiger partial charge in [0.05, 0.1) is 7.11 Å². The van der Waals surface area contributed by atoms with Gasteiger partial charge in [0.15, 0.2) is 16.6 Å². The van der Waals surface area contributed by atoms with E-state index in [9.17, 15) is 4.79 Å². The van der Waals surface area contributed by atoms with Gasteiger partial charge in [-0.15, -0.1) is 0 Å². The van der Waals surface area contributed by atoms with E-state index >= 15 is 0 Å². The zero-order valence-corrected chi connectivity index (χ0v) is 30.3. The summed E-state index contributed by atoms with van der Waals surface area (Å²) < 4.78 is 19.3. The van der Waals surface area contributed by atoms with Gasteiger partial charge in [-0.25, -0.2) is 0 Å². The molecule has 4 rings (SSSR count). The lowest BCUT2D eigenvalue weighted by Gasteiger charge is -2.64. The highest BCUT2D eigenvalue weighted by Gasteiger charge is 2.63. The Labute approximate surface area is 249 Å². The van der Waals surface area contributed by atoms with Crippen molar-refractivity contribution in [2.45, 2.75) is 156 Å². The molecule has 4 saturated carbocycles. The molecule has 0 aromatic rings. The fourth-order valence-electron chi connectivity index (χ4n) is 10.1. The molecule has 4 fully saturated rings. The lowest BCUT2D eigenvalue weighted by Crippen LogP contribution is -2.60. The van der Waals surface area contributed by atoms with Crippen LogP contribution in [0.3, 0.4) is 0 Å². The van der Waals surface area contributed by atoms with Crippen molar-refractivity contribution < 1.29 is 18.4 Å². The van der Waals surface area contributed by atoms with Crippen molar-refractivity contribution in [1.82, 2.24) is 0 Å². The van der Waals surface area contributed by atoms with E-state index in [1.54, 1.807) is 0 Å². The van der Waals surface area contributed by atoms with Gasteiger partial charge in [0.2, 0.25) is 0 Å². The molecule has 232 valence electrons. The van der Waals surface area contributed by atoms with Crippen LogP contribution in [0.15, 0.2) is 0 Å². The smallest absolute Gasteiger partial charge is 0.305 e. The minimum Gasteiger partial charge on any atom is -0.469 e. The fraction of sp³-hybridized carbons (Fsp3) is 0.971. The summed E-state index contributed by atoms with van der Waals surface area (Å²) in [6.07, 6.45) is 12.7. The van der Waals surface area contributed by atoms with Crippen LogP contribution in [0.1, 0.15) is 106 Å². The topological polar surface area (TPSA) is 44.8 Å². The zero-order valence-electron chi connectivity index (χ0n) is 28.3. The molecule has 40 heavy (non-hydrogen) atoms. The van der Waals surface area contributed by atoms with Crippen LogP contribution in [0.5, 0.6) is 0 Å². The molecule has 6 heteroatoms. The standard InChI is InChI=1S/C34H64O4Si2/c1-23(13-16-30(35)36-7)26-14-15-27-31-28(18-20-34(26,27)6)33(5)19-17-25(37-40(11,12)32(2,3)4)21-24(33)22-29(31)38-39(8,9)10/h23-29,31H,13-22H2,1-12H3/t23-,24+,25?,26-,27+,28+,29?,31+,33+,34-/m1/s1. The van der Waals surface area contributed by atoms with Crippen LogP contribution < -0.4 is 0 Å². The normalized spacial score (nSPS) is 41.0. The predicted octanol–water partition coefficient (Wildman–Crippen LogP) is 9.46. The van der Waals surface area contributed by atoms with Crippen LogP contribution in [-0.2, 0) is 18.4 Å². The average molecular weight is 593 g/mol. The average Bonchev–Trinajstić information content (AvgIpc) is 3.18. The largest absolute Gasteiger partial charge is 0.469 e. The molecular weight excluding hydrogens is 529 g/mol. The molecule has 0 bridgehead atoms. The molecule has 0 aromatic carbocycles. The van der Waals surface area contributed by atoms with Gasteiger partial charge >= 0.3 is 5.97 Å². The highest BCUT2D eigenvalue weighted by atomic mass is 28.4. The minimum atomic E-state index is -1.78. The van der Waals surface area contributed by atoms with Gasteiger partial charge in [0.1, 0.15) is 0 Å². The summed E-state index contributed by atoms with van der Waals surface area (Å²) >= 11 is 0. The van der Waals surface area contributed by atoms with Gasteiger partial charge in [-0.1, -0.05) is 41.5 Å². The Bertz CT molecular complexity index is 907.